The van der Waals surface area contributed by atoms with E-state index in [-0.39, 0.29) is 0 Å². The zero-order valence-electron chi connectivity index (χ0n) is 11.5. The number of carbonyl (C=O) groups excluding carboxylic acids is 1. The van der Waals surface area contributed by atoms with Crippen molar-refractivity contribution in [3.8, 4) is 5.75 Å². The Morgan fingerprint density at radius 1 is 1.25 bits per heavy atom. The molecule has 0 unspecified atom stereocenters. The predicted octanol–water partition coefficient (Wildman–Crippen LogP) is 3.91. The first kappa shape index (κ1) is 14.6. The maximum Gasteiger partial charge on any atom is 0.152 e. The van der Waals surface area contributed by atoms with Gasteiger partial charge in [0.15, 0.2) is 6.29 Å². The van der Waals surface area contributed by atoms with Crippen LogP contribution in [0.5, 0.6) is 5.75 Å². The van der Waals surface area contributed by atoms with Gasteiger partial charge in [-0.05, 0) is 35.9 Å². The van der Waals surface area contributed by atoms with E-state index in [1.54, 1.807) is 7.11 Å². The molecule has 2 aromatic rings. The van der Waals surface area contributed by atoms with E-state index in [0.29, 0.717) is 12.1 Å². The highest BCUT2D eigenvalue weighted by molar-refractivity contribution is 9.10. The summed E-state index contributed by atoms with van der Waals surface area (Å²) in [6.45, 7) is 0.708. The molecule has 2 rings (SSSR count). The van der Waals surface area contributed by atoms with Crippen LogP contribution in [0.15, 0.2) is 46.9 Å². The topological polar surface area (TPSA) is 29.5 Å². The van der Waals surface area contributed by atoms with Crippen molar-refractivity contribution < 1.29 is 9.53 Å². The van der Waals surface area contributed by atoms with Crippen LogP contribution in [-0.2, 0) is 6.54 Å². The number of anilines is 1. The number of benzene rings is 2. The number of nitrogens with zero attached hydrogens (tertiary/aromatic N) is 1. The standard InChI is InChI=1S/C16H16BrNO2/c1-18(10-12-4-3-5-15(8-12)20-2)16-7-6-14(17)9-13(16)11-19/h3-9,11H,10H2,1-2H3. The first-order valence-corrected chi connectivity index (χ1v) is 7.02. The average Bonchev–Trinajstić information content (AvgIpc) is 2.47. The Labute approximate surface area is 127 Å². The molecule has 4 heteroatoms. The summed E-state index contributed by atoms with van der Waals surface area (Å²) in [6.07, 6.45) is 0.877. The lowest BCUT2D eigenvalue weighted by Gasteiger charge is -2.21. The van der Waals surface area contributed by atoms with Crippen molar-refractivity contribution >= 4 is 27.9 Å². The smallest absolute Gasteiger partial charge is 0.152 e. The molecule has 0 N–H and O–H groups in total. The van der Waals surface area contributed by atoms with Crippen molar-refractivity contribution in [2.45, 2.75) is 6.54 Å². The number of halogens is 1. The maximum absolute atomic E-state index is 11.2. The molecular weight excluding hydrogens is 318 g/mol. The minimum absolute atomic E-state index is 0.671. The number of methoxy groups -OCH3 is 1. The molecule has 2 aromatic carbocycles. The number of hydrogen-bond acceptors (Lipinski definition) is 3. The normalized spacial score (nSPS) is 10.2. The number of carbonyl (C=O) groups is 1. The van der Waals surface area contributed by atoms with Crippen LogP contribution in [0.1, 0.15) is 15.9 Å². The van der Waals surface area contributed by atoms with E-state index >= 15 is 0 Å². The monoisotopic (exact) mass is 333 g/mol. The highest BCUT2D eigenvalue weighted by Gasteiger charge is 2.08. The quantitative estimate of drug-likeness (QED) is 0.777. The second-order valence-electron chi connectivity index (χ2n) is 4.53. The second-order valence-corrected chi connectivity index (χ2v) is 5.44. The van der Waals surface area contributed by atoms with Gasteiger partial charge in [-0.3, -0.25) is 4.79 Å². The molecule has 3 nitrogen and oxygen atoms in total. The van der Waals surface area contributed by atoms with E-state index in [1.807, 2.05) is 54.4 Å². The lowest BCUT2D eigenvalue weighted by atomic mass is 10.1. The van der Waals surface area contributed by atoms with Crippen LogP contribution in [0.4, 0.5) is 5.69 Å². The molecule has 0 fully saturated rings. The summed E-state index contributed by atoms with van der Waals surface area (Å²) >= 11 is 3.38. The van der Waals surface area contributed by atoms with Crippen LogP contribution in [0, 0.1) is 0 Å². The SMILES string of the molecule is COc1cccc(CN(C)c2ccc(Br)cc2C=O)c1. The fourth-order valence-corrected chi connectivity index (χ4v) is 2.48. The molecule has 0 aliphatic rings. The Morgan fingerprint density at radius 2 is 2.05 bits per heavy atom. The number of aldehydes is 1. The van der Waals surface area contributed by atoms with Crippen molar-refractivity contribution in [1.29, 1.82) is 0 Å². The van der Waals surface area contributed by atoms with Crippen molar-refractivity contribution in [2.75, 3.05) is 19.1 Å². The highest BCUT2D eigenvalue weighted by atomic mass is 79.9. The molecule has 0 radical (unpaired) electrons. The van der Waals surface area contributed by atoms with Crippen LogP contribution >= 0.6 is 15.9 Å². The van der Waals surface area contributed by atoms with Crippen molar-refractivity contribution in [3.63, 3.8) is 0 Å². The van der Waals surface area contributed by atoms with Gasteiger partial charge in [-0.15, -0.1) is 0 Å². The van der Waals surface area contributed by atoms with E-state index in [2.05, 4.69) is 15.9 Å². The summed E-state index contributed by atoms with van der Waals surface area (Å²) < 4.78 is 6.12. The van der Waals surface area contributed by atoms with Crippen LogP contribution in [0.25, 0.3) is 0 Å². The van der Waals surface area contributed by atoms with Gasteiger partial charge in [0.2, 0.25) is 0 Å². The lowest BCUT2D eigenvalue weighted by molar-refractivity contribution is 0.112. The summed E-state index contributed by atoms with van der Waals surface area (Å²) in [7, 11) is 3.62. The minimum Gasteiger partial charge on any atom is -0.497 e. The third-order valence-electron chi connectivity index (χ3n) is 3.08. The van der Waals surface area contributed by atoms with Crippen LogP contribution in [-0.4, -0.2) is 20.4 Å². The first-order valence-electron chi connectivity index (χ1n) is 6.23. The Morgan fingerprint density at radius 3 is 2.75 bits per heavy atom. The van der Waals surface area contributed by atoms with Gasteiger partial charge in [-0.2, -0.15) is 0 Å². The third kappa shape index (κ3) is 3.39. The van der Waals surface area contributed by atoms with Gasteiger partial charge in [0.1, 0.15) is 5.75 Å². The molecule has 0 heterocycles. The van der Waals surface area contributed by atoms with Gasteiger partial charge < -0.3 is 9.64 Å². The van der Waals surface area contributed by atoms with E-state index in [0.717, 1.165) is 27.8 Å². The molecule has 104 valence electrons. The largest absolute Gasteiger partial charge is 0.497 e. The van der Waals surface area contributed by atoms with Gasteiger partial charge in [0.05, 0.1) is 7.11 Å². The average molecular weight is 334 g/mol. The molecule has 0 aliphatic carbocycles. The second kappa shape index (κ2) is 6.57. The molecule has 0 aliphatic heterocycles. The maximum atomic E-state index is 11.2. The van der Waals surface area contributed by atoms with Gasteiger partial charge in [0, 0.05) is 29.3 Å². The molecule has 0 saturated heterocycles. The Balaban J connectivity index is 2.23. The number of ether oxygens (including phenoxy) is 1. The summed E-state index contributed by atoms with van der Waals surface area (Å²) in [5, 5.41) is 0. The van der Waals surface area contributed by atoms with Gasteiger partial charge >= 0.3 is 0 Å². The van der Waals surface area contributed by atoms with Crippen LogP contribution < -0.4 is 9.64 Å². The van der Waals surface area contributed by atoms with Crippen molar-refractivity contribution in [1.82, 2.24) is 0 Å². The molecule has 0 aromatic heterocycles. The van der Waals surface area contributed by atoms with Gasteiger partial charge in [-0.1, -0.05) is 28.1 Å². The molecule has 0 bridgehead atoms. The van der Waals surface area contributed by atoms with E-state index in [9.17, 15) is 4.79 Å². The van der Waals surface area contributed by atoms with Gasteiger partial charge in [-0.25, -0.2) is 0 Å². The number of rotatable bonds is 5. The molecule has 0 atom stereocenters. The van der Waals surface area contributed by atoms with Crippen molar-refractivity contribution in [2.24, 2.45) is 0 Å². The lowest BCUT2D eigenvalue weighted by Crippen LogP contribution is -2.17. The molecule has 20 heavy (non-hydrogen) atoms. The summed E-state index contributed by atoms with van der Waals surface area (Å²) in [5.74, 6) is 0.835. The van der Waals surface area contributed by atoms with Crippen LogP contribution in [0.3, 0.4) is 0 Å². The Kier molecular flexibility index (Phi) is 4.79. The summed E-state index contributed by atoms with van der Waals surface area (Å²) in [4.78, 5) is 13.2. The van der Waals surface area contributed by atoms with E-state index < -0.39 is 0 Å². The fraction of sp³-hybridized carbons (Fsp3) is 0.188. The Bertz CT molecular complexity index is 613. The fourth-order valence-electron chi connectivity index (χ4n) is 2.10. The molecular formula is C16H16BrNO2. The zero-order chi connectivity index (χ0) is 14.5. The van der Waals surface area contributed by atoms with Crippen LogP contribution in [0.2, 0.25) is 0 Å². The van der Waals surface area contributed by atoms with Gasteiger partial charge in [0.25, 0.3) is 0 Å². The summed E-state index contributed by atoms with van der Waals surface area (Å²) in [5.41, 5.74) is 2.71. The summed E-state index contributed by atoms with van der Waals surface area (Å²) in [6, 6.07) is 13.6. The van der Waals surface area contributed by atoms with E-state index in [4.69, 9.17) is 4.74 Å². The number of hydrogen-bond donors (Lipinski definition) is 0. The highest BCUT2D eigenvalue weighted by Crippen LogP contribution is 2.24. The third-order valence-corrected chi connectivity index (χ3v) is 3.57. The molecule has 0 spiro atoms. The Hall–Kier alpha value is -1.81. The molecule has 0 amide bonds. The molecule has 0 saturated carbocycles. The minimum atomic E-state index is 0.671. The first-order chi connectivity index (χ1) is 9.63. The zero-order valence-corrected chi connectivity index (χ0v) is 13.1. The van der Waals surface area contributed by atoms with Crippen molar-refractivity contribution in [3.05, 3.63) is 58.1 Å². The van der Waals surface area contributed by atoms with E-state index in [1.165, 1.54) is 0 Å². The predicted molar refractivity (Wildman–Crippen MR) is 84.6 cm³/mol.